The SMILES string of the molecule is CNC(CCO)CS(=O)(=O)c1ccc(C(F)(F)F)cc1. The van der Waals surface area contributed by atoms with Gasteiger partial charge in [0.1, 0.15) is 0 Å². The van der Waals surface area contributed by atoms with E-state index in [0.29, 0.717) is 0 Å². The smallest absolute Gasteiger partial charge is 0.396 e. The van der Waals surface area contributed by atoms with E-state index in [2.05, 4.69) is 5.32 Å². The average Bonchev–Trinajstić information content (AvgIpc) is 2.37. The molecule has 1 aromatic rings. The molecule has 2 N–H and O–H groups in total. The van der Waals surface area contributed by atoms with Gasteiger partial charge < -0.3 is 10.4 Å². The third-order valence-electron chi connectivity index (χ3n) is 2.85. The van der Waals surface area contributed by atoms with Gasteiger partial charge in [-0.2, -0.15) is 13.2 Å². The zero-order chi connectivity index (χ0) is 15.4. The summed E-state index contributed by atoms with van der Waals surface area (Å²) in [6.45, 7) is -0.173. The Bertz CT molecular complexity index is 526. The van der Waals surface area contributed by atoms with E-state index < -0.39 is 27.6 Å². The topological polar surface area (TPSA) is 66.4 Å². The van der Waals surface area contributed by atoms with Gasteiger partial charge in [-0.25, -0.2) is 8.42 Å². The summed E-state index contributed by atoms with van der Waals surface area (Å²) >= 11 is 0. The van der Waals surface area contributed by atoms with Crippen LogP contribution < -0.4 is 5.32 Å². The number of aliphatic hydroxyl groups excluding tert-OH is 1. The largest absolute Gasteiger partial charge is 0.416 e. The van der Waals surface area contributed by atoms with Crippen molar-refractivity contribution < 1.29 is 26.7 Å². The Morgan fingerprint density at radius 3 is 2.20 bits per heavy atom. The molecule has 0 fully saturated rings. The minimum absolute atomic E-state index is 0.163. The molecule has 114 valence electrons. The molecule has 1 aromatic carbocycles. The van der Waals surface area contributed by atoms with Gasteiger partial charge in [-0.15, -0.1) is 0 Å². The highest BCUT2D eigenvalue weighted by Gasteiger charge is 2.30. The fraction of sp³-hybridized carbons (Fsp3) is 0.500. The Balaban J connectivity index is 2.93. The van der Waals surface area contributed by atoms with Crippen molar-refractivity contribution in [3.8, 4) is 0 Å². The molecule has 0 aliphatic rings. The molecule has 1 rings (SSSR count). The summed E-state index contributed by atoms with van der Waals surface area (Å²) in [7, 11) is -2.14. The van der Waals surface area contributed by atoms with Crippen molar-refractivity contribution in [2.24, 2.45) is 0 Å². The molecule has 0 amide bonds. The zero-order valence-electron chi connectivity index (χ0n) is 10.8. The van der Waals surface area contributed by atoms with Crippen molar-refractivity contribution in [2.75, 3.05) is 19.4 Å². The molecule has 0 aliphatic carbocycles. The van der Waals surface area contributed by atoms with E-state index in [4.69, 9.17) is 5.11 Å². The highest BCUT2D eigenvalue weighted by atomic mass is 32.2. The zero-order valence-corrected chi connectivity index (χ0v) is 11.6. The van der Waals surface area contributed by atoms with E-state index in [1.165, 1.54) is 0 Å². The van der Waals surface area contributed by atoms with Crippen molar-refractivity contribution >= 4 is 9.84 Å². The molecular formula is C12H16F3NO3S. The van der Waals surface area contributed by atoms with Crippen LogP contribution >= 0.6 is 0 Å². The first kappa shape index (κ1) is 16.9. The Morgan fingerprint density at radius 1 is 1.25 bits per heavy atom. The molecule has 20 heavy (non-hydrogen) atoms. The van der Waals surface area contributed by atoms with Crippen molar-refractivity contribution in [1.82, 2.24) is 5.32 Å². The predicted octanol–water partition coefficient (Wildman–Crippen LogP) is 1.45. The van der Waals surface area contributed by atoms with Crippen LogP contribution in [0.4, 0.5) is 13.2 Å². The minimum Gasteiger partial charge on any atom is -0.396 e. The molecule has 0 radical (unpaired) electrons. The Labute approximate surface area is 115 Å². The molecule has 0 saturated carbocycles. The van der Waals surface area contributed by atoms with Crippen LogP contribution in [0.15, 0.2) is 29.2 Å². The molecule has 0 spiro atoms. The van der Waals surface area contributed by atoms with E-state index in [0.717, 1.165) is 24.3 Å². The van der Waals surface area contributed by atoms with Crippen molar-refractivity contribution in [1.29, 1.82) is 0 Å². The molecule has 8 heteroatoms. The second kappa shape index (κ2) is 6.55. The summed E-state index contributed by atoms with van der Waals surface area (Å²) in [4.78, 5) is -0.163. The van der Waals surface area contributed by atoms with E-state index in [-0.39, 0.29) is 23.7 Å². The van der Waals surface area contributed by atoms with E-state index in [1.54, 1.807) is 7.05 Å². The van der Waals surface area contributed by atoms with Crippen LogP contribution in [0, 0.1) is 0 Å². The van der Waals surface area contributed by atoms with Crippen molar-refractivity contribution in [3.63, 3.8) is 0 Å². The molecule has 0 aliphatic heterocycles. The normalized spacial score (nSPS) is 14.2. The van der Waals surface area contributed by atoms with Gasteiger partial charge in [-0.05, 0) is 37.7 Å². The van der Waals surface area contributed by atoms with E-state index >= 15 is 0 Å². The van der Waals surface area contributed by atoms with Crippen LogP contribution in [-0.4, -0.2) is 39.0 Å². The van der Waals surface area contributed by atoms with Crippen LogP contribution in [0.3, 0.4) is 0 Å². The first-order chi connectivity index (χ1) is 9.20. The van der Waals surface area contributed by atoms with Crippen LogP contribution in [0.2, 0.25) is 0 Å². The van der Waals surface area contributed by atoms with Gasteiger partial charge in [0, 0.05) is 12.6 Å². The van der Waals surface area contributed by atoms with Crippen LogP contribution in [0.5, 0.6) is 0 Å². The van der Waals surface area contributed by atoms with Gasteiger partial charge in [0.05, 0.1) is 16.2 Å². The monoisotopic (exact) mass is 311 g/mol. The molecule has 0 aromatic heterocycles. The van der Waals surface area contributed by atoms with Crippen molar-refractivity contribution in [3.05, 3.63) is 29.8 Å². The summed E-state index contributed by atoms with van der Waals surface area (Å²) in [5.74, 6) is -0.282. The predicted molar refractivity (Wildman–Crippen MR) is 68.0 cm³/mol. The molecule has 4 nitrogen and oxygen atoms in total. The summed E-state index contributed by atoms with van der Waals surface area (Å²) in [5.41, 5.74) is -0.892. The lowest BCUT2D eigenvalue weighted by Crippen LogP contribution is -2.33. The fourth-order valence-corrected chi connectivity index (χ4v) is 3.29. The number of alkyl halides is 3. The first-order valence-corrected chi connectivity index (χ1v) is 7.54. The lowest BCUT2D eigenvalue weighted by Gasteiger charge is -2.15. The summed E-state index contributed by atoms with van der Waals surface area (Å²) < 4.78 is 61.3. The van der Waals surface area contributed by atoms with Crippen LogP contribution in [-0.2, 0) is 16.0 Å². The second-order valence-electron chi connectivity index (χ2n) is 4.30. The number of hydrogen-bond donors (Lipinski definition) is 2. The number of rotatable bonds is 6. The maximum absolute atomic E-state index is 12.4. The first-order valence-electron chi connectivity index (χ1n) is 5.89. The number of benzene rings is 1. The maximum atomic E-state index is 12.4. The lowest BCUT2D eigenvalue weighted by molar-refractivity contribution is -0.137. The van der Waals surface area contributed by atoms with Crippen LogP contribution in [0.1, 0.15) is 12.0 Å². The van der Waals surface area contributed by atoms with E-state index in [1.807, 2.05) is 0 Å². The van der Waals surface area contributed by atoms with Gasteiger partial charge in [0.15, 0.2) is 9.84 Å². The van der Waals surface area contributed by atoms with Gasteiger partial charge in [-0.3, -0.25) is 0 Å². The summed E-state index contributed by atoms with van der Waals surface area (Å²) in [6.07, 6.45) is -4.25. The van der Waals surface area contributed by atoms with Gasteiger partial charge in [0.2, 0.25) is 0 Å². The quantitative estimate of drug-likeness (QED) is 0.834. The number of sulfone groups is 1. The lowest BCUT2D eigenvalue weighted by atomic mass is 10.2. The molecule has 0 saturated heterocycles. The summed E-state index contributed by atoms with van der Waals surface area (Å²) in [6, 6.07) is 2.93. The average molecular weight is 311 g/mol. The number of hydrogen-bond acceptors (Lipinski definition) is 4. The number of aliphatic hydroxyl groups is 1. The third kappa shape index (κ3) is 4.46. The highest BCUT2D eigenvalue weighted by molar-refractivity contribution is 7.91. The number of nitrogens with one attached hydrogen (secondary N) is 1. The third-order valence-corrected chi connectivity index (χ3v) is 4.68. The van der Waals surface area contributed by atoms with Gasteiger partial charge >= 0.3 is 6.18 Å². The Kier molecular flexibility index (Phi) is 5.55. The van der Waals surface area contributed by atoms with Crippen LogP contribution in [0.25, 0.3) is 0 Å². The molecule has 0 bridgehead atoms. The maximum Gasteiger partial charge on any atom is 0.416 e. The molecule has 1 unspecified atom stereocenters. The molecular weight excluding hydrogens is 295 g/mol. The minimum atomic E-state index is -4.49. The summed E-state index contributed by atoms with van der Waals surface area (Å²) in [5, 5.41) is 11.5. The molecule has 1 atom stereocenters. The second-order valence-corrected chi connectivity index (χ2v) is 6.34. The number of halogens is 3. The highest BCUT2D eigenvalue weighted by Crippen LogP contribution is 2.29. The van der Waals surface area contributed by atoms with Gasteiger partial charge in [-0.1, -0.05) is 0 Å². The van der Waals surface area contributed by atoms with Gasteiger partial charge in [0.25, 0.3) is 0 Å². The fourth-order valence-electron chi connectivity index (χ4n) is 1.68. The Morgan fingerprint density at radius 2 is 1.80 bits per heavy atom. The molecule has 0 heterocycles. The Hall–Kier alpha value is -1.12. The van der Waals surface area contributed by atoms with E-state index in [9.17, 15) is 21.6 Å². The van der Waals surface area contributed by atoms with Crippen molar-refractivity contribution in [2.45, 2.75) is 23.5 Å². The standard InChI is InChI=1S/C12H16F3NO3S/c1-16-10(6-7-17)8-20(18,19)11-4-2-9(3-5-11)12(13,14)15/h2-5,10,16-17H,6-8H2,1H3.